The van der Waals surface area contributed by atoms with E-state index in [2.05, 4.69) is 18.8 Å². The highest BCUT2D eigenvalue weighted by molar-refractivity contribution is 7.93. The predicted molar refractivity (Wildman–Crippen MR) is 127 cm³/mol. The SMILES string of the molecule is Cc1ccc([C@@H](C)NC(=O)c2ccc(Cl)cc2NS(=O)(=O)c2cccc3nsnc23)cc1. The molecule has 0 saturated carbocycles. The number of halogens is 1. The Labute approximate surface area is 194 Å². The molecule has 0 fully saturated rings. The molecule has 0 spiro atoms. The number of carbonyl (C=O) groups is 1. The molecule has 0 aliphatic rings. The molecule has 10 heteroatoms. The fourth-order valence-electron chi connectivity index (χ4n) is 3.21. The molecule has 2 N–H and O–H groups in total. The lowest BCUT2D eigenvalue weighted by Gasteiger charge is -2.17. The first-order valence-electron chi connectivity index (χ1n) is 9.66. The summed E-state index contributed by atoms with van der Waals surface area (Å²) < 4.78 is 36.9. The molecule has 1 amide bonds. The summed E-state index contributed by atoms with van der Waals surface area (Å²) in [7, 11) is -4.05. The molecule has 0 bridgehead atoms. The van der Waals surface area contributed by atoms with Gasteiger partial charge in [0.05, 0.1) is 29.0 Å². The van der Waals surface area contributed by atoms with Crippen LogP contribution in [0.2, 0.25) is 5.02 Å². The van der Waals surface area contributed by atoms with Gasteiger partial charge in [0.1, 0.15) is 15.9 Å². The average Bonchev–Trinajstić information content (AvgIpc) is 3.22. The molecule has 7 nitrogen and oxygen atoms in total. The van der Waals surface area contributed by atoms with Crippen LogP contribution in [0, 0.1) is 6.92 Å². The van der Waals surface area contributed by atoms with Crippen molar-refractivity contribution in [3.63, 3.8) is 0 Å². The monoisotopic (exact) mass is 486 g/mol. The summed E-state index contributed by atoms with van der Waals surface area (Å²) in [5.74, 6) is -0.430. The molecule has 1 aromatic heterocycles. The van der Waals surface area contributed by atoms with Crippen LogP contribution in [-0.4, -0.2) is 23.1 Å². The Balaban J connectivity index is 1.64. The molecule has 3 aromatic carbocycles. The lowest BCUT2D eigenvalue weighted by molar-refractivity contribution is 0.0941. The van der Waals surface area contributed by atoms with Crippen LogP contribution in [0.15, 0.2) is 65.6 Å². The van der Waals surface area contributed by atoms with Crippen LogP contribution in [0.3, 0.4) is 0 Å². The summed E-state index contributed by atoms with van der Waals surface area (Å²) >= 11 is 7.03. The van der Waals surface area contributed by atoms with Crippen molar-refractivity contribution in [2.24, 2.45) is 0 Å². The molecular weight excluding hydrogens is 468 g/mol. The molecule has 0 aliphatic carbocycles. The van der Waals surface area contributed by atoms with Gasteiger partial charge in [-0.05, 0) is 49.7 Å². The third kappa shape index (κ3) is 4.59. The quantitative estimate of drug-likeness (QED) is 0.401. The molecular formula is C22H19ClN4O3S2. The fraction of sp³-hybridized carbons (Fsp3) is 0.136. The van der Waals surface area contributed by atoms with Crippen LogP contribution < -0.4 is 10.0 Å². The second-order valence-corrected chi connectivity index (χ2v) is 9.91. The number of hydrogen-bond donors (Lipinski definition) is 2. The molecule has 0 unspecified atom stereocenters. The van der Waals surface area contributed by atoms with Gasteiger partial charge in [-0.1, -0.05) is 47.5 Å². The summed E-state index contributed by atoms with van der Waals surface area (Å²) in [5, 5.41) is 3.20. The molecule has 32 heavy (non-hydrogen) atoms. The van der Waals surface area contributed by atoms with Crippen LogP contribution in [-0.2, 0) is 10.0 Å². The lowest BCUT2D eigenvalue weighted by atomic mass is 10.1. The zero-order valence-corrected chi connectivity index (χ0v) is 19.6. The molecule has 0 radical (unpaired) electrons. The van der Waals surface area contributed by atoms with Crippen molar-refractivity contribution in [3.05, 3.63) is 82.4 Å². The van der Waals surface area contributed by atoms with E-state index in [-0.39, 0.29) is 27.7 Å². The number of anilines is 1. The summed E-state index contributed by atoms with van der Waals surface area (Å²) in [5.41, 5.74) is 3.03. The second-order valence-electron chi connectivity index (χ2n) is 7.29. The van der Waals surface area contributed by atoms with Crippen molar-refractivity contribution < 1.29 is 13.2 Å². The number of carbonyl (C=O) groups excluding carboxylic acids is 1. The number of rotatable bonds is 6. The third-order valence-electron chi connectivity index (χ3n) is 4.93. The number of amides is 1. The molecule has 4 rings (SSSR count). The number of sulfonamides is 1. The molecule has 0 aliphatic heterocycles. The van der Waals surface area contributed by atoms with Gasteiger partial charge < -0.3 is 5.32 Å². The lowest BCUT2D eigenvalue weighted by Crippen LogP contribution is -2.28. The summed E-state index contributed by atoms with van der Waals surface area (Å²) in [4.78, 5) is 13.0. The Morgan fingerprint density at radius 3 is 2.56 bits per heavy atom. The number of nitrogens with one attached hydrogen (secondary N) is 2. The number of benzene rings is 3. The highest BCUT2D eigenvalue weighted by atomic mass is 35.5. The minimum absolute atomic E-state index is 0.0249. The maximum absolute atomic E-state index is 13.1. The third-order valence-corrected chi connectivity index (χ3v) is 7.11. The summed E-state index contributed by atoms with van der Waals surface area (Å²) in [6.07, 6.45) is 0. The van der Waals surface area contributed by atoms with Gasteiger partial charge in [-0.3, -0.25) is 9.52 Å². The van der Waals surface area contributed by atoms with E-state index < -0.39 is 15.9 Å². The van der Waals surface area contributed by atoms with Gasteiger partial charge in [0.25, 0.3) is 15.9 Å². The van der Waals surface area contributed by atoms with Gasteiger partial charge in [-0.2, -0.15) is 8.75 Å². The first-order chi connectivity index (χ1) is 15.2. The van der Waals surface area contributed by atoms with Gasteiger partial charge in [-0.15, -0.1) is 0 Å². The van der Waals surface area contributed by atoms with E-state index in [1.54, 1.807) is 12.1 Å². The number of nitrogens with zero attached hydrogens (tertiary/aromatic N) is 2. The van der Waals surface area contributed by atoms with Crippen LogP contribution in [0.1, 0.15) is 34.5 Å². The van der Waals surface area contributed by atoms with Gasteiger partial charge in [-0.25, -0.2) is 8.42 Å². The average molecular weight is 487 g/mol. The molecule has 4 aromatic rings. The molecule has 164 valence electrons. The smallest absolute Gasteiger partial charge is 0.264 e. The van der Waals surface area contributed by atoms with Crippen molar-refractivity contribution in [2.45, 2.75) is 24.8 Å². The maximum Gasteiger partial charge on any atom is 0.264 e. The zero-order valence-electron chi connectivity index (χ0n) is 17.2. The Morgan fingerprint density at radius 2 is 1.81 bits per heavy atom. The first-order valence-corrected chi connectivity index (χ1v) is 12.2. The van der Waals surface area contributed by atoms with E-state index in [1.165, 1.54) is 24.3 Å². The maximum atomic E-state index is 13.1. The fourth-order valence-corrected chi connectivity index (χ4v) is 5.22. The minimum atomic E-state index is -4.05. The topological polar surface area (TPSA) is 101 Å². The molecule has 1 atom stereocenters. The van der Waals surface area contributed by atoms with Crippen molar-refractivity contribution in [1.29, 1.82) is 0 Å². The Hall–Kier alpha value is -3.01. The van der Waals surface area contributed by atoms with E-state index in [0.29, 0.717) is 10.5 Å². The minimum Gasteiger partial charge on any atom is -0.345 e. The van der Waals surface area contributed by atoms with Gasteiger partial charge in [0.2, 0.25) is 0 Å². The normalized spacial score (nSPS) is 12.5. The van der Waals surface area contributed by atoms with E-state index in [1.807, 2.05) is 38.1 Å². The predicted octanol–water partition coefficient (Wildman–Crippen LogP) is 4.94. The van der Waals surface area contributed by atoms with E-state index in [9.17, 15) is 13.2 Å². The molecule has 1 heterocycles. The Morgan fingerprint density at radius 1 is 1.06 bits per heavy atom. The van der Waals surface area contributed by atoms with E-state index in [0.717, 1.165) is 22.9 Å². The van der Waals surface area contributed by atoms with Crippen molar-refractivity contribution >= 4 is 56.0 Å². The van der Waals surface area contributed by atoms with E-state index in [4.69, 9.17) is 11.6 Å². The highest BCUT2D eigenvalue weighted by Crippen LogP contribution is 2.28. The number of fused-ring (bicyclic) bond motifs is 1. The largest absolute Gasteiger partial charge is 0.345 e. The standard InChI is InChI=1S/C22H19ClN4O3S2/c1-13-6-8-15(9-7-13)14(2)24-22(28)17-11-10-16(23)12-19(17)27-32(29,30)20-5-3-4-18-21(20)26-31-25-18/h3-12,14,27H,1-2H3,(H,24,28)/t14-/m1/s1. The van der Waals surface area contributed by atoms with Gasteiger partial charge >= 0.3 is 0 Å². The van der Waals surface area contributed by atoms with Crippen LogP contribution in [0.4, 0.5) is 5.69 Å². The van der Waals surface area contributed by atoms with Crippen LogP contribution in [0.25, 0.3) is 11.0 Å². The number of aryl methyl sites for hydroxylation is 1. The Bertz CT molecular complexity index is 1400. The van der Waals surface area contributed by atoms with Crippen molar-refractivity contribution in [1.82, 2.24) is 14.1 Å². The summed E-state index contributed by atoms with van der Waals surface area (Å²) in [6.45, 7) is 3.85. The second kappa shape index (κ2) is 8.85. The van der Waals surface area contributed by atoms with Crippen molar-refractivity contribution in [3.8, 4) is 0 Å². The summed E-state index contributed by atoms with van der Waals surface area (Å²) in [6, 6.07) is 16.7. The van der Waals surface area contributed by atoms with Gasteiger partial charge in [0, 0.05) is 5.02 Å². The Kier molecular flexibility index (Phi) is 6.14. The van der Waals surface area contributed by atoms with Crippen LogP contribution >= 0.6 is 23.3 Å². The number of hydrogen-bond acceptors (Lipinski definition) is 6. The molecule has 0 saturated heterocycles. The van der Waals surface area contributed by atoms with E-state index >= 15 is 0 Å². The van der Waals surface area contributed by atoms with Crippen LogP contribution in [0.5, 0.6) is 0 Å². The number of aromatic nitrogens is 2. The van der Waals surface area contributed by atoms with Gasteiger partial charge in [0.15, 0.2) is 0 Å². The highest BCUT2D eigenvalue weighted by Gasteiger charge is 2.23. The zero-order chi connectivity index (χ0) is 22.9. The van der Waals surface area contributed by atoms with Crippen molar-refractivity contribution in [2.75, 3.05) is 4.72 Å². The first kappa shape index (κ1) is 22.2.